The zero-order valence-electron chi connectivity index (χ0n) is 6.52. The van der Waals surface area contributed by atoms with Gasteiger partial charge in [0.05, 0.1) is 6.54 Å². The average Bonchev–Trinajstić information content (AvgIpc) is 1.85. The molecule has 0 saturated heterocycles. The van der Waals surface area contributed by atoms with Gasteiger partial charge < -0.3 is 16.4 Å². The Labute approximate surface area is 65.3 Å². The van der Waals surface area contributed by atoms with Gasteiger partial charge in [0.1, 0.15) is 0 Å². The molecule has 0 bridgehead atoms. The number of carbonyl (C=O) groups is 2. The fraction of sp³-hybridized carbons (Fsp3) is 0.667. The van der Waals surface area contributed by atoms with Crippen LogP contribution in [0.15, 0.2) is 0 Å². The summed E-state index contributed by atoms with van der Waals surface area (Å²) in [5.41, 5.74) is 4.85. The number of nitrogens with two attached hydrogens (primary N) is 1. The molecule has 4 N–H and O–H groups in total. The molecule has 0 unspecified atom stereocenters. The van der Waals surface area contributed by atoms with E-state index in [0.717, 1.165) is 0 Å². The maximum atomic E-state index is 10.3. The molecule has 0 aromatic heterocycles. The van der Waals surface area contributed by atoms with Crippen LogP contribution < -0.4 is 16.4 Å². The molecule has 5 heteroatoms. The zero-order valence-corrected chi connectivity index (χ0v) is 6.52. The monoisotopic (exact) mass is 159 g/mol. The molecule has 2 amide bonds. The van der Waals surface area contributed by atoms with Gasteiger partial charge in [-0.2, -0.15) is 0 Å². The van der Waals surface area contributed by atoms with E-state index >= 15 is 0 Å². The lowest BCUT2D eigenvalue weighted by atomic mass is 10.5. The molecule has 0 aromatic rings. The lowest BCUT2D eigenvalue weighted by Crippen LogP contribution is -2.35. The van der Waals surface area contributed by atoms with Crippen molar-refractivity contribution in [2.75, 3.05) is 19.6 Å². The van der Waals surface area contributed by atoms with Crippen LogP contribution in [0.2, 0.25) is 0 Å². The second kappa shape index (κ2) is 5.67. The van der Waals surface area contributed by atoms with Crippen molar-refractivity contribution in [3.8, 4) is 0 Å². The molecule has 0 radical (unpaired) electrons. The number of hydrogen-bond acceptors (Lipinski definition) is 3. The minimum atomic E-state index is -0.396. The first-order valence-corrected chi connectivity index (χ1v) is 3.36. The van der Waals surface area contributed by atoms with Gasteiger partial charge in [0.15, 0.2) is 0 Å². The Hall–Kier alpha value is -1.10. The van der Waals surface area contributed by atoms with E-state index < -0.39 is 5.91 Å². The van der Waals surface area contributed by atoms with E-state index in [1.165, 1.54) is 6.92 Å². The van der Waals surface area contributed by atoms with Gasteiger partial charge in [0, 0.05) is 20.0 Å². The molecule has 0 spiro atoms. The van der Waals surface area contributed by atoms with Crippen LogP contribution in [-0.2, 0) is 9.59 Å². The Balaban J connectivity index is 3.03. The highest BCUT2D eigenvalue weighted by atomic mass is 16.1. The van der Waals surface area contributed by atoms with Crippen LogP contribution in [0.1, 0.15) is 6.92 Å². The molecule has 0 saturated carbocycles. The Morgan fingerprint density at radius 2 is 2.00 bits per heavy atom. The smallest absolute Gasteiger partial charge is 0.231 e. The molecule has 0 rings (SSSR count). The van der Waals surface area contributed by atoms with Gasteiger partial charge in [-0.15, -0.1) is 0 Å². The summed E-state index contributed by atoms with van der Waals surface area (Å²) in [6.07, 6.45) is 0. The van der Waals surface area contributed by atoms with Crippen molar-refractivity contribution in [2.45, 2.75) is 6.92 Å². The standard InChI is InChI=1S/C6H13N3O2/c1-5(10)9-3-2-8-4-6(7)11/h8H,2-4H2,1H3,(H2,7,11)(H,9,10). The molecule has 0 aromatic carbocycles. The highest BCUT2D eigenvalue weighted by Gasteiger charge is 1.92. The van der Waals surface area contributed by atoms with Gasteiger partial charge >= 0.3 is 0 Å². The van der Waals surface area contributed by atoms with Crippen molar-refractivity contribution in [2.24, 2.45) is 5.73 Å². The number of amides is 2. The summed E-state index contributed by atoms with van der Waals surface area (Å²) in [7, 11) is 0. The lowest BCUT2D eigenvalue weighted by Gasteiger charge is -2.01. The van der Waals surface area contributed by atoms with Crippen molar-refractivity contribution in [1.82, 2.24) is 10.6 Å². The molecule has 0 heterocycles. The summed E-state index contributed by atoms with van der Waals surface area (Å²) < 4.78 is 0. The number of hydrogen-bond donors (Lipinski definition) is 3. The summed E-state index contributed by atoms with van der Waals surface area (Å²) >= 11 is 0. The third-order valence-corrected chi connectivity index (χ3v) is 0.975. The second-order valence-corrected chi connectivity index (χ2v) is 2.13. The van der Waals surface area contributed by atoms with Crippen LogP contribution in [0.3, 0.4) is 0 Å². The van der Waals surface area contributed by atoms with E-state index in [4.69, 9.17) is 5.73 Å². The van der Waals surface area contributed by atoms with Crippen LogP contribution in [-0.4, -0.2) is 31.4 Å². The third-order valence-electron chi connectivity index (χ3n) is 0.975. The molecule has 64 valence electrons. The van der Waals surface area contributed by atoms with Gasteiger partial charge in [0.2, 0.25) is 11.8 Å². The van der Waals surface area contributed by atoms with Crippen molar-refractivity contribution in [1.29, 1.82) is 0 Å². The van der Waals surface area contributed by atoms with E-state index in [-0.39, 0.29) is 12.5 Å². The van der Waals surface area contributed by atoms with E-state index in [1.807, 2.05) is 0 Å². The Kier molecular flexibility index (Phi) is 5.10. The topological polar surface area (TPSA) is 84.2 Å². The molecular weight excluding hydrogens is 146 g/mol. The van der Waals surface area contributed by atoms with Crippen LogP contribution in [0, 0.1) is 0 Å². The fourth-order valence-corrected chi connectivity index (χ4v) is 0.539. The highest BCUT2D eigenvalue weighted by molar-refractivity contribution is 5.75. The van der Waals surface area contributed by atoms with Gasteiger partial charge in [-0.1, -0.05) is 0 Å². The predicted molar refractivity (Wildman–Crippen MR) is 40.7 cm³/mol. The van der Waals surface area contributed by atoms with E-state index in [1.54, 1.807) is 0 Å². The summed E-state index contributed by atoms with van der Waals surface area (Å²) in [5, 5.41) is 5.32. The Morgan fingerprint density at radius 3 is 2.45 bits per heavy atom. The summed E-state index contributed by atoms with van der Waals surface area (Å²) in [5.74, 6) is -0.473. The van der Waals surface area contributed by atoms with Crippen molar-refractivity contribution >= 4 is 11.8 Å². The molecule has 0 aliphatic carbocycles. The van der Waals surface area contributed by atoms with Crippen LogP contribution in [0.4, 0.5) is 0 Å². The molecule has 0 fully saturated rings. The van der Waals surface area contributed by atoms with Crippen molar-refractivity contribution in [3.05, 3.63) is 0 Å². The second-order valence-electron chi connectivity index (χ2n) is 2.13. The zero-order chi connectivity index (χ0) is 8.69. The van der Waals surface area contributed by atoms with Gasteiger partial charge in [-0.3, -0.25) is 9.59 Å². The minimum absolute atomic E-state index is 0.0779. The molecular formula is C6H13N3O2. The first kappa shape index (κ1) is 9.90. The number of carbonyl (C=O) groups excluding carboxylic acids is 2. The number of nitrogens with one attached hydrogen (secondary N) is 2. The van der Waals surface area contributed by atoms with Crippen LogP contribution >= 0.6 is 0 Å². The molecule has 0 aliphatic heterocycles. The summed E-state index contributed by atoms with van der Waals surface area (Å²) in [6.45, 7) is 2.67. The van der Waals surface area contributed by atoms with Crippen LogP contribution in [0.5, 0.6) is 0 Å². The predicted octanol–water partition coefficient (Wildman–Crippen LogP) is -1.80. The maximum Gasteiger partial charge on any atom is 0.231 e. The van der Waals surface area contributed by atoms with Gasteiger partial charge in [0.25, 0.3) is 0 Å². The third kappa shape index (κ3) is 8.90. The van der Waals surface area contributed by atoms with E-state index in [2.05, 4.69) is 10.6 Å². The normalized spacial score (nSPS) is 9.18. The van der Waals surface area contributed by atoms with E-state index in [9.17, 15) is 9.59 Å². The van der Waals surface area contributed by atoms with E-state index in [0.29, 0.717) is 13.1 Å². The minimum Gasteiger partial charge on any atom is -0.369 e. The first-order chi connectivity index (χ1) is 5.13. The first-order valence-electron chi connectivity index (χ1n) is 3.36. The van der Waals surface area contributed by atoms with Gasteiger partial charge in [-0.25, -0.2) is 0 Å². The molecule has 5 nitrogen and oxygen atoms in total. The van der Waals surface area contributed by atoms with Crippen molar-refractivity contribution in [3.63, 3.8) is 0 Å². The van der Waals surface area contributed by atoms with Crippen molar-refractivity contribution < 1.29 is 9.59 Å². The quantitative estimate of drug-likeness (QED) is 0.414. The lowest BCUT2D eigenvalue weighted by molar-refractivity contribution is -0.119. The largest absolute Gasteiger partial charge is 0.369 e. The Bertz CT molecular complexity index is 131. The SMILES string of the molecule is CC(=O)NCCNCC(N)=O. The molecule has 0 aliphatic rings. The highest BCUT2D eigenvalue weighted by Crippen LogP contribution is 1.61. The van der Waals surface area contributed by atoms with Gasteiger partial charge in [-0.05, 0) is 0 Å². The fourth-order valence-electron chi connectivity index (χ4n) is 0.539. The summed E-state index contributed by atoms with van der Waals surface area (Å²) in [6, 6.07) is 0. The average molecular weight is 159 g/mol. The molecule has 0 atom stereocenters. The summed E-state index contributed by atoms with van der Waals surface area (Å²) in [4.78, 5) is 20.5. The number of rotatable bonds is 5. The molecule has 11 heavy (non-hydrogen) atoms. The Morgan fingerprint density at radius 1 is 1.36 bits per heavy atom. The maximum absolute atomic E-state index is 10.3. The number of primary amides is 1. The van der Waals surface area contributed by atoms with Crippen LogP contribution in [0.25, 0.3) is 0 Å².